The third kappa shape index (κ3) is 5.40. The van der Waals surface area contributed by atoms with Crippen LogP contribution in [-0.2, 0) is 5.41 Å². The van der Waals surface area contributed by atoms with E-state index in [-0.39, 0.29) is 5.41 Å². The molecule has 0 saturated heterocycles. The van der Waals surface area contributed by atoms with Gasteiger partial charge in [-0.1, -0.05) is 69.0 Å². The summed E-state index contributed by atoms with van der Waals surface area (Å²) in [7, 11) is 0. The predicted molar refractivity (Wildman–Crippen MR) is 147 cm³/mol. The van der Waals surface area contributed by atoms with Gasteiger partial charge in [0.25, 0.3) is 0 Å². The van der Waals surface area contributed by atoms with E-state index in [4.69, 9.17) is 4.98 Å². The average molecular weight is 466 g/mol. The Morgan fingerprint density at radius 3 is 1.47 bits per heavy atom. The van der Waals surface area contributed by atoms with Crippen LogP contribution in [0.3, 0.4) is 0 Å². The maximum Gasteiger partial charge on any atom is 0.0900 e. The van der Waals surface area contributed by atoms with E-state index < -0.39 is 0 Å². The number of hydrogen-bond acceptors (Lipinski definition) is 3. The molecule has 5 rings (SSSR count). The molecule has 0 fully saturated rings. The third-order valence-electron chi connectivity index (χ3n) is 6.00. The van der Waals surface area contributed by atoms with Crippen molar-refractivity contribution in [1.82, 2.24) is 15.0 Å². The molecule has 0 atom stereocenters. The van der Waals surface area contributed by atoms with E-state index in [2.05, 4.69) is 103 Å². The molecule has 3 heterocycles. The summed E-state index contributed by atoms with van der Waals surface area (Å²) in [5.41, 5.74) is 8.88. The Bertz CT molecular complexity index is 1460. The molecular weight excluding hydrogens is 438 g/mol. The van der Waals surface area contributed by atoms with Gasteiger partial charge in [0.05, 0.1) is 22.8 Å². The van der Waals surface area contributed by atoms with E-state index in [1.54, 1.807) is 12.4 Å². The highest BCUT2D eigenvalue weighted by molar-refractivity contribution is 5.75. The predicted octanol–water partition coefficient (Wildman–Crippen LogP) is 7.57. The smallest absolute Gasteiger partial charge is 0.0900 e. The minimum absolute atomic E-state index is 0.141. The summed E-state index contributed by atoms with van der Waals surface area (Å²) in [6, 6.07) is 32.7. The molecule has 0 radical (unpaired) electrons. The maximum absolute atomic E-state index is 4.85. The van der Waals surface area contributed by atoms with Crippen LogP contribution in [0.2, 0.25) is 0 Å². The van der Waals surface area contributed by atoms with Gasteiger partial charge in [-0.3, -0.25) is 9.97 Å². The standard InChI is InChI=1S/C33H27N3/c1-33(2,3)28-18-14-25(15-19-28)11-10-24-12-16-26(17-13-24)27-22-31(29-8-4-6-20-34-29)36-32(23-27)30-9-5-7-21-35-30/h4-9,12-23H,1-3H3. The lowest BCUT2D eigenvalue weighted by Crippen LogP contribution is -2.10. The molecule has 0 aliphatic rings. The normalized spacial score (nSPS) is 11.0. The van der Waals surface area contributed by atoms with Gasteiger partial charge in [0.2, 0.25) is 0 Å². The van der Waals surface area contributed by atoms with E-state index in [0.717, 1.165) is 45.0 Å². The number of pyridine rings is 3. The Kier molecular flexibility index (Phi) is 6.43. The Morgan fingerprint density at radius 2 is 1.03 bits per heavy atom. The Hall–Kier alpha value is -4.55. The van der Waals surface area contributed by atoms with Crippen molar-refractivity contribution in [2.24, 2.45) is 0 Å². The fraction of sp³-hybridized carbons (Fsp3) is 0.121. The lowest BCUT2D eigenvalue weighted by molar-refractivity contribution is 0.590. The second-order valence-corrected chi connectivity index (χ2v) is 9.71. The number of rotatable bonds is 3. The van der Waals surface area contributed by atoms with Crippen LogP contribution in [-0.4, -0.2) is 15.0 Å². The van der Waals surface area contributed by atoms with Crippen LogP contribution in [0.1, 0.15) is 37.5 Å². The molecule has 2 aromatic carbocycles. The summed E-state index contributed by atoms with van der Waals surface area (Å²) in [6.07, 6.45) is 3.57. The van der Waals surface area contributed by atoms with Crippen LogP contribution in [0.4, 0.5) is 0 Å². The Morgan fingerprint density at radius 1 is 0.528 bits per heavy atom. The second kappa shape index (κ2) is 9.98. The van der Waals surface area contributed by atoms with E-state index in [1.165, 1.54) is 5.56 Å². The van der Waals surface area contributed by atoms with Gasteiger partial charge in [-0.15, -0.1) is 0 Å². The van der Waals surface area contributed by atoms with Gasteiger partial charge < -0.3 is 0 Å². The van der Waals surface area contributed by atoms with Gasteiger partial charge in [-0.2, -0.15) is 0 Å². The molecule has 0 saturated carbocycles. The van der Waals surface area contributed by atoms with Crippen molar-refractivity contribution in [3.63, 3.8) is 0 Å². The zero-order chi connectivity index (χ0) is 25.0. The molecule has 174 valence electrons. The lowest BCUT2D eigenvalue weighted by atomic mass is 9.87. The van der Waals surface area contributed by atoms with Gasteiger partial charge >= 0.3 is 0 Å². The molecule has 3 nitrogen and oxygen atoms in total. The molecular formula is C33H27N3. The lowest BCUT2D eigenvalue weighted by Gasteiger charge is -2.18. The van der Waals surface area contributed by atoms with Crippen molar-refractivity contribution < 1.29 is 0 Å². The molecule has 0 N–H and O–H groups in total. The van der Waals surface area contributed by atoms with Gasteiger partial charge in [0.1, 0.15) is 0 Å². The highest BCUT2D eigenvalue weighted by Gasteiger charge is 2.12. The first kappa shape index (κ1) is 23.2. The molecule has 3 heteroatoms. The van der Waals surface area contributed by atoms with Crippen LogP contribution < -0.4 is 0 Å². The maximum atomic E-state index is 4.85. The molecule has 0 aliphatic heterocycles. The van der Waals surface area contributed by atoms with Crippen molar-refractivity contribution in [3.05, 3.63) is 126 Å². The molecule has 0 amide bonds. The summed E-state index contributed by atoms with van der Waals surface area (Å²) in [5, 5.41) is 0. The highest BCUT2D eigenvalue weighted by atomic mass is 14.8. The first-order valence-corrected chi connectivity index (χ1v) is 12.0. The molecule has 0 aliphatic carbocycles. The summed E-state index contributed by atoms with van der Waals surface area (Å²) >= 11 is 0. The van der Waals surface area contributed by atoms with E-state index in [1.807, 2.05) is 36.4 Å². The summed E-state index contributed by atoms with van der Waals surface area (Å²) in [4.78, 5) is 13.9. The Balaban J connectivity index is 1.46. The van der Waals surface area contributed by atoms with Crippen molar-refractivity contribution in [3.8, 4) is 45.7 Å². The number of nitrogens with zero attached hydrogens (tertiary/aromatic N) is 3. The van der Waals surface area contributed by atoms with Crippen LogP contribution in [0.15, 0.2) is 109 Å². The van der Waals surface area contributed by atoms with Crippen molar-refractivity contribution in [2.75, 3.05) is 0 Å². The van der Waals surface area contributed by atoms with Crippen LogP contribution in [0.25, 0.3) is 33.9 Å². The molecule has 3 aromatic heterocycles. The van der Waals surface area contributed by atoms with Crippen molar-refractivity contribution >= 4 is 0 Å². The number of benzene rings is 2. The van der Waals surface area contributed by atoms with Crippen LogP contribution >= 0.6 is 0 Å². The van der Waals surface area contributed by atoms with Crippen molar-refractivity contribution in [1.29, 1.82) is 0 Å². The van der Waals surface area contributed by atoms with E-state index in [0.29, 0.717) is 0 Å². The summed E-state index contributed by atoms with van der Waals surface area (Å²) in [6.45, 7) is 6.66. The number of aromatic nitrogens is 3. The molecule has 0 bridgehead atoms. The van der Waals surface area contributed by atoms with E-state index in [9.17, 15) is 0 Å². The average Bonchev–Trinajstić information content (AvgIpc) is 2.93. The number of hydrogen-bond donors (Lipinski definition) is 0. The third-order valence-corrected chi connectivity index (χ3v) is 6.00. The quantitative estimate of drug-likeness (QED) is 0.258. The first-order valence-electron chi connectivity index (χ1n) is 12.0. The molecule has 36 heavy (non-hydrogen) atoms. The van der Waals surface area contributed by atoms with Gasteiger partial charge in [0, 0.05) is 23.5 Å². The Labute approximate surface area is 213 Å². The molecule has 5 aromatic rings. The minimum atomic E-state index is 0.141. The molecule has 0 spiro atoms. The minimum Gasteiger partial charge on any atom is -0.255 e. The zero-order valence-electron chi connectivity index (χ0n) is 20.7. The van der Waals surface area contributed by atoms with Crippen LogP contribution in [0.5, 0.6) is 0 Å². The zero-order valence-corrected chi connectivity index (χ0v) is 20.7. The topological polar surface area (TPSA) is 38.7 Å². The first-order chi connectivity index (χ1) is 17.5. The summed E-state index contributed by atoms with van der Waals surface area (Å²) in [5.74, 6) is 6.57. The van der Waals surface area contributed by atoms with Crippen molar-refractivity contribution in [2.45, 2.75) is 26.2 Å². The largest absolute Gasteiger partial charge is 0.255 e. The van der Waals surface area contributed by atoms with Gasteiger partial charge in [0.15, 0.2) is 0 Å². The van der Waals surface area contributed by atoms with Crippen LogP contribution in [0, 0.1) is 11.8 Å². The SMILES string of the molecule is CC(C)(C)c1ccc(C#Cc2ccc(-c3cc(-c4ccccn4)nc(-c4ccccn4)c3)cc2)cc1. The highest BCUT2D eigenvalue weighted by Crippen LogP contribution is 2.29. The molecule has 0 unspecified atom stereocenters. The fourth-order valence-electron chi connectivity index (χ4n) is 3.93. The van der Waals surface area contributed by atoms with Gasteiger partial charge in [-0.05, 0) is 82.8 Å². The van der Waals surface area contributed by atoms with Gasteiger partial charge in [-0.25, -0.2) is 4.98 Å². The fourth-order valence-corrected chi connectivity index (χ4v) is 3.93. The summed E-state index contributed by atoms with van der Waals surface area (Å²) < 4.78 is 0. The monoisotopic (exact) mass is 465 g/mol. The second-order valence-electron chi connectivity index (χ2n) is 9.71. The van der Waals surface area contributed by atoms with E-state index >= 15 is 0 Å².